The van der Waals surface area contributed by atoms with Crippen LogP contribution in [0.3, 0.4) is 0 Å². The van der Waals surface area contributed by atoms with E-state index < -0.39 is 35.7 Å². The second kappa shape index (κ2) is 10.5. The first-order valence-corrected chi connectivity index (χ1v) is 10.0. The maximum absolute atomic E-state index is 12.7. The van der Waals surface area contributed by atoms with Crippen molar-refractivity contribution in [2.24, 2.45) is 11.8 Å². The summed E-state index contributed by atoms with van der Waals surface area (Å²) in [7, 11) is 0. The Hall–Kier alpha value is -1.79. The first-order chi connectivity index (χ1) is 12.5. The van der Waals surface area contributed by atoms with Gasteiger partial charge >= 0.3 is 12.1 Å². The third-order valence-electron chi connectivity index (χ3n) is 4.62. The lowest BCUT2D eigenvalue weighted by Gasteiger charge is -2.27. The van der Waals surface area contributed by atoms with E-state index in [0.29, 0.717) is 18.8 Å². The van der Waals surface area contributed by atoms with E-state index in [1.165, 1.54) is 6.42 Å². The Bertz CT molecular complexity index is 507. The van der Waals surface area contributed by atoms with Gasteiger partial charge in [0.15, 0.2) is 0 Å². The van der Waals surface area contributed by atoms with E-state index in [-0.39, 0.29) is 5.92 Å². The molecule has 0 aromatic heterocycles. The first kappa shape index (κ1) is 23.2. The highest BCUT2D eigenvalue weighted by Gasteiger charge is 2.30. The van der Waals surface area contributed by atoms with Crippen molar-refractivity contribution in [3.8, 4) is 0 Å². The van der Waals surface area contributed by atoms with E-state index in [1.54, 1.807) is 20.8 Å². The number of carboxylic acids is 1. The average molecular weight is 385 g/mol. The van der Waals surface area contributed by atoms with Crippen LogP contribution >= 0.6 is 0 Å². The van der Waals surface area contributed by atoms with Gasteiger partial charge in [-0.1, -0.05) is 46.0 Å². The van der Waals surface area contributed by atoms with Crippen LogP contribution < -0.4 is 10.6 Å². The summed E-state index contributed by atoms with van der Waals surface area (Å²) < 4.78 is 5.23. The Morgan fingerprint density at radius 1 is 1.04 bits per heavy atom. The second-order valence-electron chi connectivity index (χ2n) is 8.97. The maximum atomic E-state index is 12.7. The standard InChI is InChI=1S/C20H36N2O5/c1-13(2)11-15(22-19(26)27-20(3,4)5)17(23)21-16(18(24)25)12-14-9-7-6-8-10-14/h13-16H,6-12H2,1-5H3,(H,21,23)(H,22,26)(H,24,25)/t15-,16+/m1/s1. The van der Waals surface area contributed by atoms with Crippen molar-refractivity contribution < 1.29 is 24.2 Å². The van der Waals surface area contributed by atoms with Gasteiger partial charge in [0.05, 0.1) is 0 Å². The lowest BCUT2D eigenvalue weighted by molar-refractivity contribution is -0.142. The number of carbonyl (C=O) groups excluding carboxylic acids is 2. The van der Waals surface area contributed by atoms with Crippen molar-refractivity contribution in [3.05, 3.63) is 0 Å². The largest absolute Gasteiger partial charge is 0.480 e. The highest BCUT2D eigenvalue weighted by atomic mass is 16.6. The second-order valence-corrected chi connectivity index (χ2v) is 8.97. The Kier molecular flexibility index (Phi) is 9.06. The topological polar surface area (TPSA) is 105 Å². The number of carboxylic acid groups (broad SMARTS) is 1. The van der Waals surface area contributed by atoms with Crippen molar-refractivity contribution >= 4 is 18.0 Å². The van der Waals surface area contributed by atoms with Crippen LogP contribution in [0.4, 0.5) is 4.79 Å². The smallest absolute Gasteiger partial charge is 0.408 e. The predicted octanol–water partition coefficient (Wildman–Crippen LogP) is 3.47. The molecule has 1 saturated carbocycles. The summed E-state index contributed by atoms with van der Waals surface area (Å²) in [6, 6.07) is -1.76. The molecule has 2 amide bonds. The van der Waals surface area contributed by atoms with Crippen LogP contribution in [0.5, 0.6) is 0 Å². The molecule has 7 heteroatoms. The van der Waals surface area contributed by atoms with Gasteiger partial charge in [0.25, 0.3) is 0 Å². The fourth-order valence-electron chi connectivity index (χ4n) is 3.40. The quantitative estimate of drug-likeness (QED) is 0.594. The first-order valence-electron chi connectivity index (χ1n) is 10.0. The molecule has 0 radical (unpaired) electrons. The van der Waals surface area contributed by atoms with E-state index >= 15 is 0 Å². The minimum atomic E-state index is -1.03. The van der Waals surface area contributed by atoms with E-state index in [0.717, 1.165) is 25.7 Å². The van der Waals surface area contributed by atoms with Gasteiger partial charge in [-0.05, 0) is 45.4 Å². The predicted molar refractivity (Wildman–Crippen MR) is 103 cm³/mol. The number of rotatable bonds is 8. The molecule has 27 heavy (non-hydrogen) atoms. The molecule has 0 bridgehead atoms. The molecule has 0 aromatic carbocycles. The third kappa shape index (κ3) is 9.63. The van der Waals surface area contributed by atoms with Crippen LogP contribution in [0.15, 0.2) is 0 Å². The molecule has 0 aromatic rings. The number of carbonyl (C=O) groups is 3. The Labute approximate surface area is 162 Å². The number of hydrogen-bond donors (Lipinski definition) is 3. The summed E-state index contributed by atoms with van der Waals surface area (Å²) in [5, 5.41) is 14.7. The van der Waals surface area contributed by atoms with Crippen LogP contribution in [0.2, 0.25) is 0 Å². The average Bonchev–Trinajstić information content (AvgIpc) is 2.52. The molecular formula is C20H36N2O5. The van der Waals surface area contributed by atoms with Gasteiger partial charge in [-0.3, -0.25) is 4.79 Å². The van der Waals surface area contributed by atoms with Crippen LogP contribution in [0.1, 0.15) is 79.6 Å². The maximum Gasteiger partial charge on any atom is 0.408 e. The summed E-state index contributed by atoms with van der Waals surface area (Å²) in [4.78, 5) is 36.4. The van der Waals surface area contributed by atoms with Crippen LogP contribution in [0, 0.1) is 11.8 Å². The zero-order chi connectivity index (χ0) is 20.6. The lowest BCUT2D eigenvalue weighted by atomic mass is 9.84. The summed E-state index contributed by atoms with van der Waals surface area (Å²) in [5.41, 5.74) is -0.673. The fourth-order valence-corrected chi connectivity index (χ4v) is 3.40. The molecule has 0 spiro atoms. The third-order valence-corrected chi connectivity index (χ3v) is 4.62. The van der Waals surface area contributed by atoms with Crippen molar-refractivity contribution in [1.82, 2.24) is 10.6 Å². The minimum absolute atomic E-state index is 0.150. The molecule has 156 valence electrons. The highest BCUT2D eigenvalue weighted by Crippen LogP contribution is 2.27. The van der Waals surface area contributed by atoms with Gasteiger partial charge in [0.2, 0.25) is 5.91 Å². The Morgan fingerprint density at radius 2 is 1.63 bits per heavy atom. The highest BCUT2D eigenvalue weighted by molar-refractivity contribution is 5.89. The SMILES string of the molecule is CC(C)C[C@@H](NC(=O)OC(C)(C)C)C(=O)N[C@@H](CC1CCCCC1)C(=O)O. The van der Waals surface area contributed by atoms with E-state index in [4.69, 9.17) is 4.74 Å². The van der Waals surface area contributed by atoms with Crippen LogP contribution in [0.25, 0.3) is 0 Å². The van der Waals surface area contributed by atoms with Gasteiger partial charge in [0, 0.05) is 0 Å². The number of hydrogen-bond acceptors (Lipinski definition) is 4. The Morgan fingerprint density at radius 3 is 2.11 bits per heavy atom. The Balaban J connectivity index is 2.73. The molecule has 0 heterocycles. The molecular weight excluding hydrogens is 348 g/mol. The zero-order valence-electron chi connectivity index (χ0n) is 17.3. The molecule has 1 fully saturated rings. The number of ether oxygens (including phenoxy) is 1. The normalized spacial score (nSPS) is 17.9. The summed E-state index contributed by atoms with van der Waals surface area (Å²) in [6.45, 7) is 9.11. The lowest BCUT2D eigenvalue weighted by Crippen LogP contribution is -2.53. The number of amides is 2. The van der Waals surface area contributed by atoms with Crippen LogP contribution in [-0.2, 0) is 14.3 Å². The van der Waals surface area contributed by atoms with Gasteiger partial charge in [0.1, 0.15) is 17.7 Å². The molecule has 1 aliphatic carbocycles. The van der Waals surface area contributed by atoms with E-state index in [1.807, 2.05) is 13.8 Å². The fraction of sp³-hybridized carbons (Fsp3) is 0.850. The zero-order valence-corrected chi connectivity index (χ0v) is 17.3. The summed E-state index contributed by atoms with van der Waals surface area (Å²) >= 11 is 0. The molecule has 1 aliphatic rings. The molecule has 0 unspecified atom stereocenters. The van der Waals surface area contributed by atoms with E-state index in [2.05, 4.69) is 10.6 Å². The van der Waals surface area contributed by atoms with Crippen molar-refractivity contribution in [3.63, 3.8) is 0 Å². The van der Waals surface area contributed by atoms with Gasteiger partial charge in [-0.2, -0.15) is 0 Å². The molecule has 0 saturated heterocycles. The number of aliphatic carboxylic acids is 1. The van der Waals surface area contributed by atoms with Gasteiger partial charge in [-0.25, -0.2) is 9.59 Å². The monoisotopic (exact) mass is 384 g/mol. The van der Waals surface area contributed by atoms with Gasteiger partial charge in [-0.15, -0.1) is 0 Å². The number of alkyl carbamates (subject to hydrolysis) is 1. The molecule has 0 aliphatic heterocycles. The van der Waals surface area contributed by atoms with Crippen molar-refractivity contribution in [1.29, 1.82) is 0 Å². The summed E-state index contributed by atoms with van der Waals surface area (Å²) in [6.07, 6.45) is 5.58. The number of nitrogens with one attached hydrogen (secondary N) is 2. The molecule has 3 N–H and O–H groups in total. The minimum Gasteiger partial charge on any atom is -0.480 e. The van der Waals surface area contributed by atoms with Crippen LogP contribution in [-0.4, -0.2) is 40.8 Å². The van der Waals surface area contributed by atoms with Gasteiger partial charge < -0.3 is 20.5 Å². The molecule has 2 atom stereocenters. The van der Waals surface area contributed by atoms with E-state index in [9.17, 15) is 19.5 Å². The molecule has 7 nitrogen and oxygen atoms in total. The van der Waals surface area contributed by atoms with Crippen molar-refractivity contribution in [2.75, 3.05) is 0 Å². The van der Waals surface area contributed by atoms with Crippen molar-refractivity contribution in [2.45, 2.75) is 97.2 Å². The summed E-state index contributed by atoms with van der Waals surface area (Å²) in [5.74, 6) is -1.04. The molecule has 1 rings (SSSR count).